The Balaban J connectivity index is 1.87. The molecule has 5 nitrogen and oxygen atoms in total. The zero-order valence-corrected chi connectivity index (χ0v) is 13.3. The Labute approximate surface area is 121 Å². The number of methoxy groups -OCH3 is 1. The third-order valence-electron chi connectivity index (χ3n) is 3.88. The number of likely N-dealkylation sites (N-methyl/N-ethyl adjacent to an activating group) is 1. The summed E-state index contributed by atoms with van der Waals surface area (Å²) < 4.78 is 5.11. The largest absolute Gasteiger partial charge is 0.383 e. The average molecular weight is 278 g/mol. The van der Waals surface area contributed by atoms with Crippen molar-refractivity contribution in [2.45, 2.75) is 32.2 Å². The molecule has 1 fully saturated rings. The van der Waals surface area contributed by atoms with E-state index in [0.29, 0.717) is 6.04 Å². The highest BCUT2D eigenvalue weighted by molar-refractivity contribution is 5.42. The minimum Gasteiger partial charge on any atom is -0.383 e. The van der Waals surface area contributed by atoms with Crippen LogP contribution in [0, 0.1) is 0 Å². The van der Waals surface area contributed by atoms with Crippen LogP contribution in [0.4, 0.5) is 5.82 Å². The van der Waals surface area contributed by atoms with Gasteiger partial charge >= 0.3 is 0 Å². The Kier molecular flexibility index (Phi) is 4.60. The lowest BCUT2D eigenvalue weighted by Crippen LogP contribution is -2.59. The molecule has 1 aliphatic heterocycles. The molecule has 0 spiro atoms. The van der Waals surface area contributed by atoms with Crippen molar-refractivity contribution in [1.82, 2.24) is 15.1 Å². The van der Waals surface area contributed by atoms with E-state index in [1.807, 2.05) is 0 Å². The van der Waals surface area contributed by atoms with Gasteiger partial charge in [0.2, 0.25) is 0 Å². The lowest BCUT2D eigenvalue weighted by atomic mass is 9.92. The molecule has 0 saturated carbocycles. The van der Waals surface area contributed by atoms with Crippen LogP contribution in [0.2, 0.25) is 0 Å². The van der Waals surface area contributed by atoms with Gasteiger partial charge in [0.1, 0.15) is 0 Å². The lowest BCUT2D eigenvalue weighted by molar-refractivity contribution is 0.127. The van der Waals surface area contributed by atoms with E-state index in [-0.39, 0.29) is 5.41 Å². The second-order valence-corrected chi connectivity index (χ2v) is 6.56. The summed E-state index contributed by atoms with van der Waals surface area (Å²) in [5.74, 6) is 0.981. The monoisotopic (exact) mass is 278 g/mol. The molecule has 1 aromatic rings. The fourth-order valence-corrected chi connectivity index (χ4v) is 2.23. The summed E-state index contributed by atoms with van der Waals surface area (Å²) in [5, 5.41) is 8.70. The van der Waals surface area contributed by atoms with Crippen LogP contribution >= 0.6 is 0 Å². The first-order chi connectivity index (χ1) is 9.41. The number of aromatic nitrogens is 2. The Hall–Kier alpha value is -1.20. The number of hydrogen-bond donors (Lipinski definition) is 0. The Morgan fingerprint density at radius 2 is 2.00 bits per heavy atom. The Bertz CT molecular complexity index is 420. The number of hydrogen-bond acceptors (Lipinski definition) is 5. The van der Waals surface area contributed by atoms with E-state index in [4.69, 9.17) is 4.74 Å². The maximum atomic E-state index is 5.11. The van der Waals surface area contributed by atoms with Gasteiger partial charge < -0.3 is 9.64 Å². The van der Waals surface area contributed by atoms with Crippen LogP contribution in [0.5, 0.6) is 0 Å². The molecule has 0 aliphatic carbocycles. The van der Waals surface area contributed by atoms with Crippen molar-refractivity contribution in [1.29, 1.82) is 0 Å². The Morgan fingerprint density at radius 3 is 2.50 bits per heavy atom. The van der Waals surface area contributed by atoms with Crippen molar-refractivity contribution in [3.63, 3.8) is 0 Å². The van der Waals surface area contributed by atoms with Crippen LogP contribution in [0.3, 0.4) is 0 Å². The predicted molar refractivity (Wildman–Crippen MR) is 81.2 cm³/mol. The summed E-state index contributed by atoms with van der Waals surface area (Å²) in [6.45, 7) is 10.3. The van der Waals surface area contributed by atoms with Crippen LogP contribution in [0.1, 0.15) is 26.5 Å². The topological polar surface area (TPSA) is 41.5 Å². The molecule has 2 heterocycles. The van der Waals surface area contributed by atoms with E-state index in [0.717, 1.165) is 37.8 Å². The normalized spacial score (nSPS) is 16.6. The summed E-state index contributed by atoms with van der Waals surface area (Å²) >= 11 is 0. The molecule has 0 atom stereocenters. The third-order valence-corrected chi connectivity index (χ3v) is 3.88. The maximum absolute atomic E-state index is 5.11. The van der Waals surface area contributed by atoms with Crippen molar-refractivity contribution in [2.24, 2.45) is 0 Å². The molecule has 0 aromatic carbocycles. The molecule has 1 saturated heterocycles. The number of anilines is 1. The smallest absolute Gasteiger partial charge is 0.151 e. The number of ether oxygens (including phenoxy) is 1. The van der Waals surface area contributed by atoms with Crippen LogP contribution in [-0.2, 0) is 10.2 Å². The van der Waals surface area contributed by atoms with Crippen molar-refractivity contribution in [2.75, 3.05) is 45.3 Å². The molecular weight excluding hydrogens is 252 g/mol. The van der Waals surface area contributed by atoms with Gasteiger partial charge in [-0.3, -0.25) is 4.90 Å². The van der Waals surface area contributed by atoms with Gasteiger partial charge in [-0.1, -0.05) is 20.8 Å². The van der Waals surface area contributed by atoms with E-state index < -0.39 is 0 Å². The molecule has 0 N–H and O–H groups in total. The van der Waals surface area contributed by atoms with E-state index in [2.05, 4.69) is 59.9 Å². The quantitative estimate of drug-likeness (QED) is 0.817. The molecule has 0 radical (unpaired) electrons. The van der Waals surface area contributed by atoms with Crippen molar-refractivity contribution in [3.05, 3.63) is 17.8 Å². The molecule has 112 valence electrons. The molecule has 0 unspecified atom stereocenters. The fraction of sp³-hybridized carbons (Fsp3) is 0.733. The first-order valence-electron chi connectivity index (χ1n) is 7.20. The second kappa shape index (κ2) is 6.06. The summed E-state index contributed by atoms with van der Waals surface area (Å²) in [6.07, 6.45) is 0. The molecule has 5 heteroatoms. The van der Waals surface area contributed by atoms with Gasteiger partial charge in [-0.05, 0) is 19.2 Å². The van der Waals surface area contributed by atoms with Crippen LogP contribution in [-0.4, -0.2) is 61.5 Å². The van der Waals surface area contributed by atoms with Crippen LogP contribution < -0.4 is 4.90 Å². The lowest BCUT2D eigenvalue weighted by Gasteiger charge is -2.44. The zero-order chi connectivity index (χ0) is 14.8. The number of nitrogens with zero attached hydrogens (tertiary/aromatic N) is 4. The Morgan fingerprint density at radius 1 is 1.30 bits per heavy atom. The van der Waals surface area contributed by atoms with E-state index in [1.165, 1.54) is 0 Å². The fourth-order valence-electron chi connectivity index (χ4n) is 2.23. The van der Waals surface area contributed by atoms with Gasteiger partial charge in [-0.25, -0.2) is 0 Å². The van der Waals surface area contributed by atoms with Crippen LogP contribution in [0.25, 0.3) is 0 Å². The maximum Gasteiger partial charge on any atom is 0.151 e. The predicted octanol–water partition coefficient (Wildman–Crippen LogP) is 1.54. The molecule has 20 heavy (non-hydrogen) atoms. The van der Waals surface area contributed by atoms with Crippen molar-refractivity contribution < 1.29 is 4.74 Å². The van der Waals surface area contributed by atoms with E-state index >= 15 is 0 Å². The van der Waals surface area contributed by atoms with Gasteiger partial charge in [0.05, 0.1) is 12.3 Å². The third kappa shape index (κ3) is 3.46. The van der Waals surface area contributed by atoms with E-state index in [9.17, 15) is 0 Å². The first-order valence-corrected chi connectivity index (χ1v) is 7.20. The minimum absolute atomic E-state index is 0.0589. The molecule has 0 amide bonds. The summed E-state index contributed by atoms with van der Waals surface area (Å²) in [4.78, 5) is 4.62. The van der Waals surface area contributed by atoms with Gasteiger partial charge in [0, 0.05) is 38.2 Å². The summed E-state index contributed by atoms with van der Waals surface area (Å²) in [7, 11) is 3.89. The van der Waals surface area contributed by atoms with Gasteiger partial charge in [0.25, 0.3) is 0 Å². The molecular formula is C15H26N4O. The highest BCUT2D eigenvalue weighted by Gasteiger charge is 2.31. The molecule has 1 aromatic heterocycles. The van der Waals surface area contributed by atoms with Crippen molar-refractivity contribution >= 4 is 5.82 Å². The SMILES string of the molecule is COCCN(C)C1CN(c2ccc(C(C)(C)C)nn2)C1. The van der Waals surface area contributed by atoms with Gasteiger partial charge in [-0.15, -0.1) is 5.10 Å². The highest BCUT2D eigenvalue weighted by Crippen LogP contribution is 2.24. The molecule has 1 aliphatic rings. The van der Waals surface area contributed by atoms with E-state index in [1.54, 1.807) is 7.11 Å². The molecule has 2 rings (SSSR count). The van der Waals surface area contributed by atoms with Gasteiger partial charge in [0.15, 0.2) is 5.82 Å². The summed E-state index contributed by atoms with van der Waals surface area (Å²) in [6, 6.07) is 4.76. The zero-order valence-electron chi connectivity index (χ0n) is 13.3. The standard InChI is InChI=1S/C15H26N4O/c1-15(2,3)13-6-7-14(17-16-13)19-10-12(11-19)18(4)8-9-20-5/h6-7,12H,8-11H2,1-5H3. The minimum atomic E-state index is 0.0589. The van der Waals surface area contributed by atoms with Gasteiger partial charge in [-0.2, -0.15) is 5.10 Å². The number of rotatable bonds is 5. The van der Waals surface area contributed by atoms with Crippen LogP contribution in [0.15, 0.2) is 12.1 Å². The first kappa shape index (κ1) is 15.2. The highest BCUT2D eigenvalue weighted by atomic mass is 16.5. The van der Waals surface area contributed by atoms with Crippen molar-refractivity contribution in [3.8, 4) is 0 Å². The second-order valence-electron chi connectivity index (χ2n) is 6.56. The average Bonchev–Trinajstić information content (AvgIpc) is 2.34. The summed E-state index contributed by atoms with van der Waals surface area (Å²) in [5.41, 5.74) is 1.10. The molecule has 0 bridgehead atoms.